The SMILES string of the molecule is COc1ccc(NC(=O)C2=C(C(N)=O)NCN2c2nc3ccccc3[nH]2)cc1. The maximum absolute atomic E-state index is 13.0. The topological polar surface area (TPSA) is 125 Å². The molecule has 28 heavy (non-hydrogen) atoms. The van der Waals surface area contributed by atoms with Crippen molar-refractivity contribution in [3.63, 3.8) is 0 Å². The average molecular weight is 378 g/mol. The first-order chi connectivity index (χ1) is 13.6. The third-order valence-electron chi connectivity index (χ3n) is 4.36. The van der Waals surface area contributed by atoms with Gasteiger partial charge in [-0.15, -0.1) is 0 Å². The van der Waals surface area contributed by atoms with Gasteiger partial charge in [0.25, 0.3) is 11.8 Å². The van der Waals surface area contributed by atoms with Crippen LogP contribution in [0.2, 0.25) is 0 Å². The first kappa shape index (κ1) is 17.4. The Morgan fingerprint density at radius 1 is 1.18 bits per heavy atom. The number of anilines is 2. The molecular weight excluding hydrogens is 360 g/mol. The molecule has 0 saturated carbocycles. The van der Waals surface area contributed by atoms with Gasteiger partial charge in [-0.05, 0) is 36.4 Å². The van der Waals surface area contributed by atoms with E-state index in [9.17, 15) is 9.59 Å². The number of primary amides is 1. The Bertz CT molecular complexity index is 1050. The highest BCUT2D eigenvalue weighted by atomic mass is 16.5. The second kappa shape index (κ2) is 6.95. The van der Waals surface area contributed by atoms with Crippen LogP contribution in [0.3, 0.4) is 0 Å². The molecule has 1 aliphatic rings. The number of hydrogen-bond acceptors (Lipinski definition) is 6. The van der Waals surface area contributed by atoms with Gasteiger partial charge in [-0.3, -0.25) is 14.5 Å². The zero-order valence-electron chi connectivity index (χ0n) is 15.0. The predicted octanol–water partition coefficient (Wildman–Crippen LogP) is 1.27. The van der Waals surface area contributed by atoms with Gasteiger partial charge in [0.15, 0.2) is 0 Å². The Hall–Kier alpha value is -4.01. The van der Waals surface area contributed by atoms with Crippen molar-refractivity contribution < 1.29 is 14.3 Å². The van der Waals surface area contributed by atoms with E-state index in [2.05, 4.69) is 20.6 Å². The summed E-state index contributed by atoms with van der Waals surface area (Å²) in [6.07, 6.45) is 0. The molecule has 2 heterocycles. The Morgan fingerprint density at radius 3 is 2.61 bits per heavy atom. The van der Waals surface area contributed by atoms with E-state index in [4.69, 9.17) is 10.5 Å². The monoisotopic (exact) mass is 378 g/mol. The Labute approximate surface area is 160 Å². The summed E-state index contributed by atoms with van der Waals surface area (Å²) in [6.45, 7) is 0.184. The van der Waals surface area contributed by atoms with Crippen molar-refractivity contribution in [1.82, 2.24) is 15.3 Å². The number of nitrogens with zero attached hydrogens (tertiary/aromatic N) is 2. The molecule has 9 heteroatoms. The van der Waals surface area contributed by atoms with Gasteiger partial charge in [0.05, 0.1) is 24.8 Å². The van der Waals surface area contributed by atoms with Crippen molar-refractivity contribution in [3.8, 4) is 5.75 Å². The number of methoxy groups -OCH3 is 1. The van der Waals surface area contributed by atoms with E-state index < -0.39 is 11.8 Å². The molecule has 0 bridgehead atoms. The van der Waals surface area contributed by atoms with E-state index in [1.54, 1.807) is 36.3 Å². The van der Waals surface area contributed by atoms with Crippen LogP contribution in [0.15, 0.2) is 59.9 Å². The molecule has 1 aliphatic heterocycles. The Balaban J connectivity index is 1.67. The molecule has 1 aromatic heterocycles. The molecule has 0 unspecified atom stereocenters. The number of aromatic nitrogens is 2. The number of ether oxygens (including phenoxy) is 1. The van der Waals surface area contributed by atoms with Gasteiger partial charge in [0.1, 0.15) is 17.1 Å². The van der Waals surface area contributed by atoms with Crippen molar-refractivity contribution in [2.75, 3.05) is 24.0 Å². The van der Waals surface area contributed by atoms with Crippen molar-refractivity contribution in [1.29, 1.82) is 0 Å². The second-order valence-electron chi connectivity index (χ2n) is 6.11. The highest BCUT2D eigenvalue weighted by Crippen LogP contribution is 2.26. The number of carbonyl (C=O) groups excluding carboxylic acids is 2. The van der Waals surface area contributed by atoms with Gasteiger partial charge in [-0.2, -0.15) is 0 Å². The average Bonchev–Trinajstić information content (AvgIpc) is 3.32. The summed E-state index contributed by atoms with van der Waals surface area (Å²) in [4.78, 5) is 34.0. The number of rotatable bonds is 5. The first-order valence-electron chi connectivity index (χ1n) is 8.52. The summed E-state index contributed by atoms with van der Waals surface area (Å²) < 4.78 is 5.11. The van der Waals surface area contributed by atoms with E-state index in [1.165, 1.54) is 0 Å². The summed E-state index contributed by atoms with van der Waals surface area (Å²) in [7, 11) is 1.56. The number of benzene rings is 2. The highest BCUT2D eigenvalue weighted by molar-refractivity contribution is 6.12. The Morgan fingerprint density at radius 2 is 1.93 bits per heavy atom. The molecule has 0 atom stereocenters. The zero-order valence-corrected chi connectivity index (χ0v) is 15.0. The lowest BCUT2D eigenvalue weighted by Gasteiger charge is -2.17. The van der Waals surface area contributed by atoms with Crippen LogP contribution in [0, 0.1) is 0 Å². The predicted molar refractivity (Wildman–Crippen MR) is 104 cm³/mol. The fourth-order valence-electron chi connectivity index (χ4n) is 3.01. The molecule has 0 saturated heterocycles. The maximum atomic E-state index is 13.0. The molecule has 2 amide bonds. The van der Waals surface area contributed by atoms with Crippen molar-refractivity contribution in [3.05, 3.63) is 59.9 Å². The molecular formula is C19H18N6O3. The van der Waals surface area contributed by atoms with E-state index in [-0.39, 0.29) is 18.1 Å². The van der Waals surface area contributed by atoms with Gasteiger partial charge in [0.2, 0.25) is 5.95 Å². The molecule has 3 aromatic rings. The standard InChI is InChI=1S/C19H18N6O3/c1-28-12-8-6-11(7-9-12)22-18(27)16-15(17(20)26)21-10-25(16)19-23-13-4-2-3-5-14(13)24-19/h2-9,21H,10H2,1H3,(H2,20,26)(H,22,27)(H,23,24). The van der Waals surface area contributed by atoms with Gasteiger partial charge in [-0.1, -0.05) is 12.1 Å². The minimum absolute atomic E-state index is 0.0338. The fraction of sp³-hybridized carbons (Fsp3) is 0.105. The lowest BCUT2D eigenvalue weighted by atomic mass is 10.2. The number of aromatic amines is 1. The van der Waals surface area contributed by atoms with Crippen molar-refractivity contribution in [2.45, 2.75) is 0 Å². The zero-order chi connectivity index (χ0) is 19.7. The highest BCUT2D eigenvalue weighted by Gasteiger charge is 2.33. The maximum Gasteiger partial charge on any atom is 0.274 e. The minimum Gasteiger partial charge on any atom is -0.497 e. The van der Waals surface area contributed by atoms with Crippen LogP contribution in [0.25, 0.3) is 11.0 Å². The van der Waals surface area contributed by atoms with Crippen molar-refractivity contribution >= 4 is 34.5 Å². The lowest BCUT2D eigenvalue weighted by molar-refractivity contribution is -0.116. The third kappa shape index (κ3) is 3.09. The number of nitrogens with one attached hydrogen (secondary N) is 3. The van der Waals surface area contributed by atoms with Gasteiger partial charge in [-0.25, -0.2) is 4.98 Å². The van der Waals surface area contributed by atoms with Crippen LogP contribution in [-0.2, 0) is 9.59 Å². The van der Waals surface area contributed by atoms with Crippen LogP contribution in [0.1, 0.15) is 0 Å². The third-order valence-corrected chi connectivity index (χ3v) is 4.36. The number of para-hydroxylation sites is 2. The first-order valence-corrected chi connectivity index (χ1v) is 8.52. The van der Waals surface area contributed by atoms with E-state index in [0.717, 1.165) is 11.0 Å². The molecule has 2 aromatic carbocycles. The number of hydrogen-bond donors (Lipinski definition) is 4. The molecule has 4 rings (SSSR count). The summed E-state index contributed by atoms with van der Waals surface area (Å²) >= 11 is 0. The minimum atomic E-state index is -0.724. The number of H-pyrrole nitrogens is 1. The number of amides is 2. The number of carbonyl (C=O) groups is 2. The van der Waals surface area contributed by atoms with E-state index in [0.29, 0.717) is 17.4 Å². The number of imidazole rings is 1. The Kier molecular flexibility index (Phi) is 4.32. The second-order valence-corrected chi connectivity index (χ2v) is 6.11. The molecule has 0 spiro atoms. The van der Waals surface area contributed by atoms with Gasteiger partial charge in [0, 0.05) is 5.69 Å². The largest absolute Gasteiger partial charge is 0.497 e. The van der Waals surface area contributed by atoms with E-state index >= 15 is 0 Å². The molecule has 0 radical (unpaired) electrons. The van der Waals surface area contributed by atoms with Gasteiger partial charge >= 0.3 is 0 Å². The molecule has 142 valence electrons. The smallest absolute Gasteiger partial charge is 0.274 e. The fourth-order valence-corrected chi connectivity index (χ4v) is 3.01. The number of fused-ring (bicyclic) bond motifs is 1. The normalized spacial score (nSPS) is 13.5. The number of nitrogens with two attached hydrogens (primary N) is 1. The summed E-state index contributed by atoms with van der Waals surface area (Å²) in [5, 5.41) is 5.64. The van der Waals surface area contributed by atoms with E-state index in [1.807, 2.05) is 24.3 Å². The van der Waals surface area contributed by atoms with Crippen molar-refractivity contribution in [2.24, 2.45) is 5.73 Å². The van der Waals surface area contributed by atoms with Crippen LogP contribution in [0.4, 0.5) is 11.6 Å². The molecule has 9 nitrogen and oxygen atoms in total. The summed E-state index contributed by atoms with van der Waals surface area (Å²) in [5.74, 6) is -0.103. The van der Waals surface area contributed by atoms with Crippen LogP contribution < -0.4 is 26.0 Å². The molecule has 0 aliphatic carbocycles. The lowest BCUT2D eigenvalue weighted by Crippen LogP contribution is -2.30. The quantitative estimate of drug-likeness (QED) is 0.530. The van der Waals surface area contributed by atoms with Crippen LogP contribution in [-0.4, -0.2) is 35.6 Å². The van der Waals surface area contributed by atoms with Crippen LogP contribution >= 0.6 is 0 Å². The molecule has 0 fully saturated rings. The summed E-state index contributed by atoms with van der Waals surface area (Å²) in [6, 6.07) is 14.3. The van der Waals surface area contributed by atoms with Crippen LogP contribution in [0.5, 0.6) is 5.75 Å². The van der Waals surface area contributed by atoms with Gasteiger partial charge < -0.3 is 26.1 Å². The molecule has 5 N–H and O–H groups in total. The summed E-state index contributed by atoms with van der Waals surface area (Å²) in [5.41, 5.74) is 7.72.